The third kappa shape index (κ3) is 3.37. The Kier molecular flexibility index (Phi) is 4.04. The van der Waals surface area contributed by atoms with Gasteiger partial charge in [-0.15, -0.1) is 0 Å². The van der Waals surface area contributed by atoms with Crippen molar-refractivity contribution in [2.45, 2.75) is 6.42 Å². The molecule has 0 bridgehead atoms. The Morgan fingerprint density at radius 2 is 1.72 bits per heavy atom. The van der Waals surface area contributed by atoms with E-state index < -0.39 is 0 Å². The fourth-order valence-electron chi connectivity index (χ4n) is 2.18. The second-order valence-electron chi connectivity index (χ2n) is 4.64. The standard InChI is InChI=1S/C13H20N4O/c14-11-1-3-12(4-2-11)17-9-7-16(8-10-17)6-5-13(15)18/h1-4H,5-10,14H2,(H2,15,18). The molecule has 0 unspecified atom stereocenters. The number of hydrogen-bond acceptors (Lipinski definition) is 4. The lowest BCUT2D eigenvalue weighted by atomic mass is 10.2. The Morgan fingerprint density at radius 1 is 1.11 bits per heavy atom. The SMILES string of the molecule is NC(=O)CCN1CCN(c2ccc(N)cc2)CC1. The van der Waals surface area contributed by atoms with E-state index in [-0.39, 0.29) is 5.91 Å². The summed E-state index contributed by atoms with van der Waals surface area (Å²) in [6, 6.07) is 7.95. The zero-order chi connectivity index (χ0) is 13.0. The summed E-state index contributed by atoms with van der Waals surface area (Å²) in [5.74, 6) is -0.226. The number of nitrogens with two attached hydrogens (primary N) is 2. The molecule has 1 aromatic rings. The normalized spacial score (nSPS) is 16.8. The summed E-state index contributed by atoms with van der Waals surface area (Å²) in [6.45, 7) is 4.66. The molecule has 0 aromatic heterocycles. The Labute approximate surface area is 107 Å². The van der Waals surface area contributed by atoms with Gasteiger partial charge >= 0.3 is 0 Å². The lowest BCUT2D eigenvalue weighted by molar-refractivity contribution is -0.118. The molecule has 0 saturated carbocycles. The number of primary amides is 1. The molecule has 0 spiro atoms. The first-order chi connectivity index (χ1) is 8.65. The van der Waals surface area contributed by atoms with Gasteiger partial charge in [-0.3, -0.25) is 9.69 Å². The molecule has 2 rings (SSSR count). The van der Waals surface area contributed by atoms with Crippen LogP contribution in [0.5, 0.6) is 0 Å². The maximum Gasteiger partial charge on any atom is 0.218 e. The number of carbonyl (C=O) groups excluding carboxylic acids is 1. The van der Waals surface area contributed by atoms with Crippen LogP contribution in [-0.4, -0.2) is 43.5 Å². The number of carbonyl (C=O) groups is 1. The highest BCUT2D eigenvalue weighted by atomic mass is 16.1. The molecule has 5 nitrogen and oxygen atoms in total. The van der Waals surface area contributed by atoms with Crippen molar-refractivity contribution in [3.05, 3.63) is 24.3 Å². The van der Waals surface area contributed by atoms with E-state index >= 15 is 0 Å². The van der Waals surface area contributed by atoms with Crippen LogP contribution in [-0.2, 0) is 4.79 Å². The van der Waals surface area contributed by atoms with E-state index in [4.69, 9.17) is 11.5 Å². The first-order valence-electron chi connectivity index (χ1n) is 6.26. The van der Waals surface area contributed by atoms with Crippen molar-refractivity contribution in [1.82, 2.24) is 4.90 Å². The Hall–Kier alpha value is -1.75. The number of anilines is 2. The lowest BCUT2D eigenvalue weighted by Crippen LogP contribution is -2.47. The molecule has 1 heterocycles. The molecule has 4 N–H and O–H groups in total. The van der Waals surface area contributed by atoms with Gasteiger partial charge in [0.1, 0.15) is 0 Å². The fourth-order valence-corrected chi connectivity index (χ4v) is 2.18. The van der Waals surface area contributed by atoms with Crippen LogP contribution < -0.4 is 16.4 Å². The van der Waals surface area contributed by atoms with Crippen molar-refractivity contribution in [2.24, 2.45) is 5.73 Å². The third-order valence-electron chi connectivity index (χ3n) is 3.30. The number of amides is 1. The molecule has 5 heteroatoms. The number of benzene rings is 1. The quantitative estimate of drug-likeness (QED) is 0.750. The summed E-state index contributed by atoms with van der Waals surface area (Å²) in [6.07, 6.45) is 0.446. The molecule has 98 valence electrons. The van der Waals surface area contributed by atoms with E-state index in [0.717, 1.165) is 38.4 Å². The molecule has 1 aromatic carbocycles. The van der Waals surface area contributed by atoms with Crippen LogP contribution in [0.4, 0.5) is 11.4 Å². The Balaban J connectivity index is 1.83. The maximum absolute atomic E-state index is 10.7. The van der Waals surface area contributed by atoms with Crippen LogP contribution in [0.15, 0.2) is 24.3 Å². The van der Waals surface area contributed by atoms with Gasteiger partial charge in [0.2, 0.25) is 5.91 Å². The summed E-state index contributed by atoms with van der Waals surface area (Å²) in [5.41, 5.74) is 12.8. The van der Waals surface area contributed by atoms with Crippen molar-refractivity contribution >= 4 is 17.3 Å². The monoisotopic (exact) mass is 248 g/mol. The highest BCUT2D eigenvalue weighted by Crippen LogP contribution is 2.17. The van der Waals surface area contributed by atoms with Crippen LogP contribution in [0.25, 0.3) is 0 Å². The number of hydrogen-bond donors (Lipinski definition) is 2. The minimum absolute atomic E-state index is 0.226. The zero-order valence-electron chi connectivity index (χ0n) is 10.5. The average Bonchev–Trinajstić information content (AvgIpc) is 2.38. The second kappa shape index (κ2) is 5.73. The summed E-state index contributed by atoms with van der Waals surface area (Å²) in [5, 5.41) is 0. The largest absolute Gasteiger partial charge is 0.399 e. The Bertz CT molecular complexity index is 396. The van der Waals surface area contributed by atoms with Crippen LogP contribution in [0.1, 0.15) is 6.42 Å². The summed E-state index contributed by atoms with van der Waals surface area (Å²) >= 11 is 0. The minimum Gasteiger partial charge on any atom is -0.399 e. The van der Waals surface area contributed by atoms with Crippen LogP contribution in [0.2, 0.25) is 0 Å². The fraction of sp³-hybridized carbons (Fsp3) is 0.462. The van der Waals surface area contributed by atoms with Gasteiger partial charge in [-0.25, -0.2) is 0 Å². The van der Waals surface area contributed by atoms with Gasteiger partial charge in [0.25, 0.3) is 0 Å². The second-order valence-corrected chi connectivity index (χ2v) is 4.64. The Morgan fingerprint density at radius 3 is 2.28 bits per heavy atom. The summed E-state index contributed by atoms with van der Waals surface area (Å²) < 4.78 is 0. The van der Waals surface area contributed by atoms with Gasteiger partial charge in [-0.05, 0) is 24.3 Å². The summed E-state index contributed by atoms with van der Waals surface area (Å²) in [4.78, 5) is 15.3. The summed E-state index contributed by atoms with van der Waals surface area (Å²) in [7, 11) is 0. The van der Waals surface area contributed by atoms with Crippen molar-refractivity contribution in [3.63, 3.8) is 0 Å². The molecule has 1 amide bonds. The first-order valence-corrected chi connectivity index (χ1v) is 6.26. The molecule has 0 aliphatic carbocycles. The van der Waals surface area contributed by atoms with Crippen LogP contribution >= 0.6 is 0 Å². The predicted molar refractivity (Wildman–Crippen MR) is 73.3 cm³/mol. The van der Waals surface area contributed by atoms with E-state index in [1.165, 1.54) is 5.69 Å². The van der Waals surface area contributed by atoms with Crippen molar-refractivity contribution in [3.8, 4) is 0 Å². The predicted octanol–water partition coefficient (Wildman–Crippen LogP) is 0.266. The minimum atomic E-state index is -0.226. The van der Waals surface area contributed by atoms with Gasteiger partial charge in [0.05, 0.1) is 0 Å². The third-order valence-corrected chi connectivity index (χ3v) is 3.30. The van der Waals surface area contributed by atoms with E-state index in [0.29, 0.717) is 6.42 Å². The van der Waals surface area contributed by atoms with Gasteiger partial charge in [0.15, 0.2) is 0 Å². The molecule has 1 aliphatic rings. The van der Waals surface area contributed by atoms with E-state index in [1.807, 2.05) is 12.1 Å². The van der Waals surface area contributed by atoms with Gasteiger partial charge in [0, 0.05) is 50.5 Å². The molecular weight excluding hydrogens is 228 g/mol. The van der Waals surface area contributed by atoms with Crippen LogP contribution in [0, 0.1) is 0 Å². The van der Waals surface area contributed by atoms with Gasteiger partial charge in [-0.1, -0.05) is 0 Å². The molecule has 0 atom stereocenters. The number of rotatable bonds is 4. The number of nitrogen functional groups attached to an aromatic ring is 1. The molecule has 18 heavy (non-hydrogen) atoms. The first kappa shape index (κ1) is 12.7. The highest BCUT2D eigenvalue weighted by molar-refractivity contribution is 5.73. The highest BCUT2D eigenvalue weighted by Gasteiger charge is 2.17. The number of piperazine rings is 1. The van der Waals surface area contributed by atoms with E-state index in [2.05, 4.69) is 21.9 Å². The lowest BCUT2D eigenvalue weighted by Gasteiger charge is -2.36. The average molecular weight is 248 g/mol. The molecular formula is C13H20N4O. The van der Waals surface area contributed by atoms with Crippen molar-refractivity contribution in [1.29, 1.82) is 0 Å². The van der Waals surface area contributed by atoms with Crippen molar-refractivity contribution < 1.29 is 4.79 Å². The molecule has 0 radical (unpaired) electrons. The number of nitrogens with zero attached hydrogens (tertiary/aromatic N) is 2. The molecule has 1 aliphatic heterocycles. The van der Waals surface area contributed by atoms with Gasteiger partial charge < -0.3 is 16.4 Å². The maximum atomic E-state index is 10.7. The molecule has 1 fully saturated rings. The smallest absolute Gasteiger partial charge is 0.218 e. The van der Waals surface area contributed by atoms with Crippen LogP contribution in [0.3, 0.4) is 0 Å². The van der Waals surface area contributed by atoms with Gasteiger partial charge in [-0.2, -0.15) is 0 Å². The zero-order valence-corrected chi connectivity index (χ0v) is 10.5. The van der Waals surface area contributed by atoms with E-state index in [9.17, 15) is 4.79 Å². The molecule has 1 saturated heterocycles. The topological polar surface area (TPSA) is 75.6 Å². The van der Waals surface area contributed by atoms with Crippen molar-refractivity contribution in [2.75, 3.05) is 43.4 Å². The van der Waals surface area contributed by atoms with E-state index in [1.54, 1.807) is 0 Å².